The van der Waals surface area contributed by atoms with Crippen LogP contribution in [0, 0.1) is 0 Å². The van der Waals surface area contributed by atoms with Crippen molar-refractivity contribution in [2.75, 3.05) is 0 Å². The standard InChI is InChI=1S/C29H41.C7H5Cl.C5H5.2ClH.Zr/c1-26(2,3)22-14-18-13-19-15-23(27(4,5)6)25(29(10,11)12)17-21(19)20(18)16-24(22)28(7,8)9;1-6-3-2-4-7(8)5-6;1-2-4-5-3-1;;;/h14,16-17H,13H2,1-12H3;1-5H;1-3H,4H2;2*1H;/q;;;;;+2/p-2. The summed E-state index contributed by atoms with van der Waals surface area (Å²) in [6, 6.07) is 16.3. The van der Waals surface area contributed by atoms with Crippen molar-refractivity contribution in [1.29, 1.82) is 0 Å². The van der Waals surface area contributed by atoms with Gasteiger partial charge in [0.05, 0.1) is 0 Å². The van der Waals surface area contributed by atoms with Crippen molar-refractivity contribution in [2.45, 2.75) is 118 Å². The van der Waals surface area contributed by atoms with Crippen LogP contribution < -0.4 is 28.1 Å². The second-order valence-corrected chi connectivity index (χ2v) is 22.9. The minimum atomic E-state index is -2.59. The fourth-order valence-electron chi connectivity index (χ4n) is 7.02. The molecule has 0 unspecified atom stereocenters. The fourth-order valence-corrected chi connectivity index (χ4v) is 14.9. The Balaban J connectivity index is 0.00000276. The van der Waals surface area contributed by atoms with Gasteiger partial charge in [-0.3, -0.25) is 0 Å². The third kappa shape index (κ3) is 7.75. The Morgan fingerprint density at radius 2 is 1.27 bits per heavy atom. The number of benzene rings is 3. The van der Waals surface area contributed by atoms with E-state index in [1.165, 1.54) is 38.9 Å². The molecule has 5 rings (SSSR count). The Bertz CT molecular complexity index is 1690. The van der Waals surface area contributed by atoms with E-state index >= 15 is 0 Å². The molecule has 3 aromatic rings. The molecule has 0 amide bonds. The molecule has 4 heteroatoms. The molecular weight excluding hydrogens is 690 g/mol. The van der Waals surface area contributed by atoms with E-state index < -0.39 is 21.3 Å². The molecule has 3 aromatic carbocycles. The van der Waals surface area contributed by atoms with Crippen molar-refractivity contribution in [2.24, 2.45) is 0 Å². The number of halogens is 3. The first-order chi connectivity index (χ1) is 19.8. The van der Waals surface area contributed by atoms with Crippen molar-refractivity contribution < 1.29 is 46.1 Å². The van der Waals surface area contributed by atoms with Crippen LogP contribution in [0.15, 0.2) is 64.0 Å². The van der Waals surface area contributed by atoms with Crippen LogP contribution in [0.3, 0.4) is 0 Å². The quantitative estimate of drug-likeness (QED) is 0.276. The van der Waals surface area contributed by atoms with Gasteiger partial charge in [-0.15, -0.1) is 0 Å². The maximum absolute atomic E-state index is 6.56. The molecule has 0 nitrogen and oxygen atoms in total. The topological polar surface area (TPSA) is 0 Å². The molecule has 0 saturated heterocycles. The maximum atomic E-state index is 6.56. The van der Waals surface area contributed by atoms with Gasteiger partial charge in [-0.2, -0.15) is 0 Å². The van der Waals surface area contributed by atoms with Gasteiger partial charge in [0.15, 0.2) is 0 Å². The summed E-state index contributed by atoms with van der Waals surface area (Å²) in [4.78, 5) is 0. The summed E-state index contributed by atoms with van der Waals surface area (Å²) in [6.45, 7) is 28.8. The molecule has 0 aliphatic heterocycles. The average Bonchev–Trinajstić information content (AvgIpc) is 3.51. The summed E-state index contributed by atoms with van der Waals surface area (Å²) in [6.07, 6.45) is 9.17. The Morgan fingerprint density at radius 1 is 0.689 bits per heavy atom. The molecule has 0 saturated carbocycles. The predicted octanol–water partition coefficient (Wildman–Crippen LogP) is 5.05. The van der Waals surface area contributed by atoms with Crippen molar-refractivity contribution >= 4 is 18.6 Å². The van der Waals surface area contributed by atoms with Gasteiger partial charge in [0.1, 0.15) is 0 Å². The van der Waals surface area contributed by atoms with Crippen molar-refractivity contribution in [3.05, 3.63) is 108 Å². The van der Waals surface area contributed by atoms with Crippen LogP contribution in [0.5, 0.6) is 0 Å². The molecule has 2 aliphatic rings. The molecule has 0 aromatic heterocycles. The van der Waals surface area contributed by atoms with Gasteiger partial charge in [-0.1, -0.05) is 0 Å². The van der Waals surface area contributed by atoms with Crippen molar-refractivity contribution in [3.8, 4) is 11.1 Å². The number of hydrogen-bond donors (Lipinski definition) is 0. The molecule has 0 bridgehead atoms. The number of allylic oxidation sites excluding steroid dienone is 4. The second kappa shape index (κ2) is 13.3. The fraction of sp³-hybridized carbons (Fsp3) is 0.439. The molecule has 0 fully saturated rings. The normalized spacial score (nSPS) is 14.5. The molecule has 0 N–H and O–H groups in total. The van der Waals surface area contributed by atoms with Crippen LogP contribution >= 0.6 is 11.6 Å². The van der Waals surface area contributed by atoms with Crippen LogP contribution in [0.25, 0.3) is 11.1 Å². The molecule has 240 valence electrons. The van der Waals surface area contributed by atoms with E-state index in [2.05, 4.69) is 141 Å². The monoisotopic (exact) mass is 738 g/mol. The summed E-state index contributed by atoms with van der Waals surface area (Å²) < 4.78 is 6.04. The summed E-state index contributed by atoms with van der Waals surface area (Å²) >= 11 is 3.96. The second-order valence-electron chi connectivity index (χ2n) is 16.9. The molecule has 45 heavy (non-hydrogen) atoms. The zero-order valence-corrected chi connectivity index (χ0v) is 34.1. The molecule has 0 heterocycles. The Hall–Kier alpha value is -1.24. The van der Waals surface area contributed by atoms with E-state index in [0.717, 1.165) is 17.9 Å². The zero-order chi connectivity index (χ0) is 31.7. The predicted molar refractivity (Wildman–Crippen MR) is 188 cm³/mol. The van der Waals surface area contributed by atoms with E-state index in [4.69, 9.17) is 11.6 Å². The average molecular weight is 741 g/mol. The molecule has 0 radical (unpaired) electrons. The van der Waals surface area contributed by atoms with Gasteiger partial charge in [-0.25, -0.2) is 0 Å². The van der Waals surface area contributed by atoms with Crippen LogP contribution in [0.1, 0.15) is 128 Å². The molecule has 0 spiro atoms. The summed E-state index contributed by atoms with van der Waals surface area (Å²) in [5.41, 5.74) is 13.6. The van der Waals surface area contributed by atoms with Gasteiger partial charge in [0.2, 0.25) is 0 Å². The van der Waals surface area contributed by atoms with E-state index in [0.29, 0.717) is 0 Å². The van der Waals surface area contributed by atoms with E-state index in [9.17, 15) is 0 Å². The maximum Gasteiger partial charge on any atom is -1.00 e. The molecule has 0 atom stereocenters. The Morgan fingerprint density at radius 3 is 1.78 bits per heavy atom. The minimum absolute atomic E-state index is 0. The number of rotatable bonds is 3. The van der Waals surface area contributed by atoms with Gasteiger partial charge in [-0.05, 0) is 0 Å². The zero-order valence-electron chi connectivity index (χ0n) is 29.4. The van der Waals surface area contributed by atoms with Crippen LogP contribution in [-0.4, -0.2) is 3.71 Å². The minimum Gasteiger partial charge on any atom is -1.00 e. The van der Waals surface area contributed by atoms with Crippen molar-refractivity contribution in [3.63, 3.8) is 0 Å². The van der Waals surface area contributed by atoms with E-state index in [-0.39, 0.29) is 46.5 Å². The van der Waals surface area contributed by atoms with Gasteiger partial charge in [0, 0.05) is 0 Å². The van der Waals surface area contributed by atoms with Crippen LogP contribution in [-0.2, 0) is 49.3 Å². The summed E-state index contributed by atoms with van der Waals surface area (Å²) in [5, 5.41) is 0.816. The molecular formula is C41H51Cl3Zr. The number of hydrogen-bond acceptors (Lipinski definition) is 0. The smallest absolute Gasteiger partial charge is 1.00 e. The number of fused-ring (bicyclic) bond motifs is 3. The van der Waals surface area contributed by atoms with Gasteiger partial charge < -0.3 is 24.8 Å². The Kier molecular flexibility index (Phi) is 11.3. The third-order valence-electron chi connectivity index (χ3n) is 9.06. The first-order valence-corrected chi connectivity index (χ1v) is 20.2. The third-order valence-corrected chi connectivity index (χ3v) is 16.1. The Labute approximate surface area is 299 Å². The van der Waals surface area contributed by atoms with Crippen molar-refractivity contribution in [1.82, 2.24) is 0 Å². The van der Waals surface area contributed by atoms with Gasteiger partial charge >= 0.3 is 277 Å². The largest absolute Gasteiger partial charge is 1.00 e. The SMILES string of the molecule is CC(C)(C)c1cc2c(cc1C(C)(C)C)-c1cc(C(C)(C)C)c(C(C)(C)C)[c](/[Zr+2](=[CH]\c3cccc(Cl)c3)[C]3=CC=CC3)c1C2.[Cl-].[Cl-]. The van der Waals surface area contributed by atoms with Crippen LogP contribution in [0.4, 0.5) is 0 Å². The van der Waals surface area contributed by atoms with E-state index in [1.807, 2.05) is 6.07 Å². The summed E-state index contributed by atoms with van der Waals surface area (Å²) in [5.74, 6) is 0. The summed E-state index contributed by atoms with van der Waals surface area (Å²) in [7, 11) is 0. The molecule has 2 aliphatic carbocycles. The van der Waals surface area contributed by atoms with Crippen LogP contribution in [0.2, 0.25) is 5.02 Å². The first-order valence-electron chi connectivity index (χ1n) is 16.0. The first kappa shape index (κ1) is 38.2. The van der Waals surface area contributed by atoms with Gasteiger partial charge in [0.25, 0.3) is 0 Å². The van der Waals surface area contributed by atoms with E-state index in [1.54, 1.807) is 17.7 Å².